The second kappa shape index (κ2) is 9.44. The SMILES string of the molecule is CC(NC(=O)C1Cc2ccccc2CN1C(=O)c1ccco1)c1ccc(S(=O)(=O)N(C)C)cc1. The van der Waals surface area contributed by atoms with Crippen LogP contribution in [0, 0.1) is 0 Å². The second-order valence-corrected chi connectivity index (χ2v) is 10.6. The summed E-state index contributed by atoms with van der Waals surface area (Å²) >= 11 is 0. The lowest BCUT2D eigenvalue weighted by atomic mass is 9.93. The monoisotopic (exact) mass is 481 g/mol. The molecule has 8 nitrogen and oxygen atoms in total. The van der Waals surface area contributed by atoms with Crippen LogP contribution in [-0.4, -0.2) is 49.6 Å². The molecular formula is C25H27N3O5S. The highest BCUT2D eigenvalue weighted by Gasteiger charge is 2.36. The van der Waals surface area contributed by atoms with Gasteiger partial charge in [-0.2, -0.15) is 0 Å². The Balaban J connectivity index is 1.54. The molecule has 1 aromatic heterocycles. The number of carbonyl (C=O) groups excluding carboxylic acids is 2. The van der Waals surface area contributed by atoms with E-state index in [-0.39, 0.29) is 28.5 Å². The highest BCUT2D eigenvalue weighted by molar-refractivity contribution is 7.89. The highest BCUT2D eigenvalue weighted by Crippen LogP contribution is 2.26. The molecule has 34 heavy (non-hydrogen) atoms. The number of carbonyl (C=O) groups is 2. The minimum absolute atomic E-state index is 0.180. The molecule has 0 bridgehead atoms. The Labute approximate surface area is 199 Å². The van der Waals surface area contributed by atoms with Gasteiger partial charge in [0.05, 0.1) is 17.2 Å². The molecule has 1 aliphatic heterocycles. The number of amides is 2. The summed E-state index contributed by atoms with van der Waals surface area (Å²) in [5, 5.41) is 2.98. The van der Waals surface area contributed by atoms with Crippen molar-refractivity contribution in [3.05, 3.63) is 89.4 Å². The third kappa shape index (κ3) is 4.62. The summed E-state index contributed by atoms with van der Waals surface area (Å²) in [4.78, 5) is 28.2. The van der Waals surface area contributed by atoms with Crippen molar-refractivity contribution in [2.24, 2.45) is 0 Å². The first-order valence-electron chi connectivity index (χ1n) is 10.9. The van der Waals surface area contributed by atoms with E-state index in [1.54, 1.807) is 24.3 Å². The molecule has 9 heteroatoms. The van der Waals surface area contributed by atoms with Crippen LogP contribution in [0.3, 0.4) is 0 Å². The molecule has 2 unspecified atom stereocenters. The maximum atomic E-state index is 13.4. The zero-order valence-electron chi connectivity index (χ0n) is 19.3. The fourth-order valence-corrected chi connectivity index (χ4v) is 4.95. The molecule has 0 aliphatic carbocycles. The van der Waals surface area contributed by atoms with Crippen molar-refractivity contribution in [3.63, 3.8) is 0 Å². The molecule has 0 fully saturated rings. The first kappa shape index (κ1) is 23.7. The minimum atomic E-state index is -3.53. The smallest absolute Gasteiger partial charge is 0.290 e. The minimum Gasteiger partial charge on any atom is -0.459 e. The van der Waals surface area contributed by atoms with E-state index in [1.165, 1.54) is 37.4 Å². The summed E-state index contributed by atoms with van der Waals surface area (Å²) in [6, 6.07) is 16.3. The predicted molar refractivity (Wildman–Crippen MR) is 126 cm³/mol. The second-order valence-electron chi connectivity index (χ2n) is 8.49. The van der Waals surface area contributed by atoms with Crippen LogP contribution in [0.25, 0.3) is 0 Å². The number of fused-ring (bicyclic) bond motifs is 1. The molecule has 1 N–H and O–H groups in total. The molecule has 0 saturated heterocycles. The Morgan fingerprint density at radius 1 is 1.03 bits per heavy atom. The zero-order valence-corrected chi connectivity index (χ0v) is 20.1. The number of nitrogens with zero attached hydrogens (tertiary/aromatic N) is 2. The lowest BCUT2D eigenvalue weighted by molar-refractivity contribution is -0.126. The largest absolute Gasteiger partial charge is 0.459 e. The lowest BCUT2D eigenvalue weighted by Crippen LogP contribution is -2.52. The molecule has 3 aromatic rings. The first-order chi connectivity index (χ1) is 16.2. The normalized spacial score (nSPS) is 16.7. The molecular weight excluding hydrogens is 454 g/mol. The van der Waals surface area contributed by atoms with Gasteiger partial charge in [-0.3, -0.25) is 9.59 Å². The molecule has 4 rings (SSSR count). The van der Waals surface area contributed by atoms with Crippen LogP contribution < -0.4 is 5.32 Å². The Morgan fingerprint density at radius 3 is 2.32 bits per heavy atom. The van der Waals surface area contributed by atoms with Crippen molar-refractivity contribution in [2.75, 3.05) is 14.1 Å². The van der Waals surface area contributed by atoms with Gasteiger partial charge in [0.1, 0.15) is 6.04 Å². The first-order valence-corrected chi connectivity index (χ1v) is 12.4. The van der Waals surface area contributed by atoms with E-state index in [4.69, 9.17) is 4.42 Å². The van der Waals surface area contributed by atoms with Gasteiger partial charge in [-0.05, 0) is 47.9 Å². The average Bonchev–Trinajstić information content (AvgIpc) is 3.37. The van der Waals surface area contributed by atoms with Gasteiger partial charge in [-0.15, -0.1) is 0 Å². The van der Waals surface area contributed by atoms with Crippen molar-refractivity contribution in [1.82, 2.24) is 14.5 Å². The summed E-state index contributed by atoms with van der Waals surface area (Å²) in [6.07, 6.45) is 1.82. The molecule has 0 saturated carbocycles. The number of hydrogen-bond acceptors (Lipinski definition) is 5. The van der Waals surface area contributed by atoms with Crippen LogP contribution in [0.2, 0.25) is 0 Å². The number of furan rings is 1. The molecule has 0 radical (unpaired) electrons. The fourth-order valence-electron chi connectivity index (χ4n) is 4.04. The van der Waals surface area contributed by atoms with Gasteiger partial charge in [0.15, 0.2) is 5.76 Å². The third-order valence-electron chi connectivity index (χ3n) is 6.06. The van der Waals surface area contributed by atoms with E-state index in [0.717, 1.165) is 21.0 Å². The summed E-state index contributed by atoms with van der Waals surface area (Å²) in [6.45, 7) is 2.13. The van der Waals surface area contributed by atoms with Crippen molar-refractivity contribution >= 4 is 21.8 Å². The molecule has 178 valence electrons. The maximum Gasteiger partial charge on any atom is 0.290 e. The zero-order chi connectivity index (χ0) is 24.5. The number of benzene rings is 2. The standard InChI is InChI=1S/C25H27N3O5S/c1-17(18-10-12-21(13-11-18)34(31,32)27(2)3)26-24(29)22-15-19-7-4-5-8-20(19)16-28(22)25(30)23-9-6-14-33-23/h4-14,17,22H,15-16H2,1-3H3,(H,26,29). The van der Waals surface area contributed by atoms with Crippen molar-refractivity contribution in [3.8, 4) is 0 Å². The van der Waals surface area contributed by atoms with Crippen LogP contribution in [0.4, 0.5) is 0 Å². The van der Waals surface area contributed by atoms with Crippen LogP contribution in [-0.2, 0) is 27.8 Å². The quantitative estimate of drug-likeness (QED) is 0.584. The number of hydrogen-bond donors (Lipinski definition) is 1. The van der Waals surface area contributed by atoms with E-state index in [2.05, 4.69) is 5.32 Å². The van der Waals surface area contributed by atoms with E-state index < -0.39 is 16.1 Å². The number of sulfonamides is 1. The summed E-state index contributed by atoms with van der Waals surface area (Å²) in [5.74, 6) is -0.444. The van der Waals surface area contributed by atoms with E-state index in [0.29, 0.717) is 13.0 Å². The summed E-state index contributed by atoms with van der Waals surface area (Å²) in [7, 11) is -0.581. The average molecular weight is 482 g/mol. The molecule has 2 aromatic carbocycles. The van der Waals surface area contributed by atoms with Crippen molar-refractivity contribution in [1.29, 1.82) is 0 Å². The predicted octanol–water partition coefficient (Wildman–Crippen LogP) is 2.97. The Kier molecular flexibility index (Phi) is 6.58. The van der Waals surface area contributed by atoms with Gasteiger partial charge in [-0.25, -0.2) is 12.7 Å². The van der Waals surface area contributed by atoms with Gasteiger partial charge < -0.3 is 14.6 Å². The highest BCUT2D eigenvalue weighted by atomic mass is 32.2. The molecule has 1 aliphatic rings. The van der Waals surface area contributed by atoms with Crippen LogP contribution in [0.5, 0.6) is 0 Å². The van der Waals surface area contributed by atoms with Crippen LogP contribution >= 0.6 is 0 Å². The van der Waals surface area contributed by atoms with Crippen LogP contribution in [0.1, 0.15) is 40.2 Å². The fraction of sp³-hybridized carbons (Fsp3) is 0.280. The van der Waals surface area contributed by atoms with E-state index in [9.17, 15) is 18.0 Å². The molecule has 0 spiro atoms. The topological polar surface area (TPSA) is 99.9 Å². The Bertz CT molecular complexity index is 1280. The van der Waals surface area contributed by atoms with Crippen LogP contribution in [0.15, 0.2) is 76.2 Å². The Hall–Kier alpha value is -3.43. The van der Waals surface area contributed by atoms with E-state index in [1.807, 2.05) is 31.2 Å². The lowest BCUT2D eigenvalue weighted by Gasteiger charge is -2.36. The van der Waals surface area contributed by atoms with Crippen molar-refractivity contribution < 1.29 is 22.4 Å². The van der Waals surface area contributed by atoms with E-state index >= 15 is 0 Å². The summed E-state index contributed by atoms with van der Waals surface area (Å²) in [5.41, 5.74) is 2.78. The van der Waals surface area contributed by atoms with Gasteiger partial charge in [-0.1, -0.05) is 36.4 Å². The number of nitrogens with one attached hydrogen (secondary N) is 1. The number of rotatable bonds is 6. The maximum absolute atomic E-state index is 13.4. The van der Waals surface area contributed by atoms with Gasteiger partial charge in [0, 0.05) is 27.1 Å². The molecule has 2 amide bonds. The third-order valence-corrected chi connectivity index (χ3v) is 7.89. The van der Waals surface area contributed by atoms with Crippen molar-refractivity contribution in [2.45, 2.75) is 36.9 Å². The van der Waals surface area contributed by atoms with Gasteiger partial charge in [0.25, 0.3) is 5.91 Å². The molecule has 2 heterocycles. The van der Waals surface area contributed by atoms with Gasteiger partial charge in [0.2, 0.25) is 15.9 Å². The Morgan fingerprint density at radius 2 is 1.71 bits per heavy atom. The van der Waals surface area contributed by atoms with Gasteiger partial charge >= 0.3 is 0 Å². The molecule has 2 atom stereocenters. The summed E-state index contributed by atoms with van der Waals surface area (Å²) < 4.78 is 31.1.